The van der Waals surface area contributed by atoms with Crippen molar-refractivity contribution in [2.75, 3.05) is 47.7 Å². The Hall–Kier alpha value is -10.8. The smallest absolute Gasteiger partial charge is 0.309 e. The lowest BCUT2D eigenvalue weighted by Crippen LogP contribution is -2.20. The van der Waals surface area contributed by atoms with Crippen molar-refractivity contribution in [3.63, 3.8) is 0 Å². The zero-order chi connectivity index (χ0) is 83.0. The van der Waals surface area contributed by atoms with E-state index in [1.54, 1.807) is 36.4 Å². The summed E-state index contributed by atoms with van der Waals surface area (Å²) >= 11 is 0. The molecule has 4 amide bonds. The summed E-state index contributed by atoms with van der Waals surface area (Å²) in [5.41, 5.74) is 13.1. The van der Waals surface area contributed by atoms with Crippen molar-refractivity contribution in [1.29, 1.82) is 0 Å². The summed E-state index contributed by atoms with van der Waals surface area (Å²) < 4.78 is 22.6. The van der Waals surface area contributed by atoms with Crippen molar-refractivity contribution in [2.24, 2.45) is 47.3 Å². The quantitative estimate of drug-likeness (QED) is 0.0151. The molecule has 0 radical (unpaired) electrons. The van der Waals surface area contributed by atoms with Crippen LogP contribution in [0.4, 0.5) is 22.7 Å². The van der Waals surface area contributed by atoms with Crippen LogP contribution >= 0.6 is 0 Å². The summed E-state index contributed by atoms with van der Waals surface area (Å²) in [5.74, 6) is -8.71. The van der Waals surface area contributed by atoms with E-state index in [-0.39, 0.29) is 48.1 Å². The number of benzene rings is 4. The highest BCUT2D eigenvalue weighted by molar-refractivity contribution is 6.13. The minimum Gasteiger partial charge on any atom is -0.465 e. The Labute approximate surface area is 681 Å². The standard InChI is InChI=1S/C96H114N8O12/c1-17-21-39-113-89(109)63-49-59(63)85(105)101-67-27-25-28-68(102-86(106)60-50-64(60)90(110)114-40-22-18-2)81(67)83-75-35-31-71(97-75)79(53-43-55(93(5,6)7)47-56(44-53)94(8,9)10)73-33-37-77(99-73)84(78-38-34-74(100-78)80(72-32-36-76(83)98-72)54-45-57(95(11,12)13)48-58(46-54)96(14,15)16)82-69(103-87(107)61-51-65(61)91(111)115-41-23-19-3)29-26-30-70(82)104-88(108)62-52-66(62)92(112)116-42-24-20-4/h25-38,43-48,59-66,97,100H,17-24,39-42,49-52H2,1-16H3,(H,101,105)(H,102,106)(H,103,107)(H,104,108)/t59-,60?,61-,62?,63?,64?,65?,66?/m0/s1. The Kier molecular flexibility index (Phi) is 24.3. The molecule has 610 valence electrons. The summed E-state index contributed by atoms with van der Waals surface area (Å²) in [4.78, 5) is 134. The number of aromatic amines is 2. The van der Waals surface area contributed by atoms with Crippen LogP contribution in [0.2, 0.25) is 0 Å². The lowest BCUT2D eigenvalue weighted by molar-refractivity contribution is -0.147. The third-order valence-electron chi connectivity index (χ3n) is 23.0. The van der Waals surface area contributed by atoms with Gasteiger partial charge in [-0.1, -0.05) is 185 Å². The van der Waals surface area contributed by atoms with E-state index in [1.807, 2.05) is 76.3 Å². The second kappa shape index (κ2) is 33.8. The maximum absolute atomic E-state index is 15.0. The fourth-order valence-corrected chi connectivity index (χ4v) is 15.3. The Morgan fingerprint density at radius 2 is 0.560 bits per heavy atom. The molecule has 0 saturated heterocycles. The van der Waals surface area contributed by atoms with Crippen molar-refractivity contribution < 1.29 is 57.3 Å². The number of hydrogen-bond donors (Lipinski definition) is 6. The fraction of sp³-hybridized carbons (Fsp3) is 0.458. The van der Waals surface area contributed by atoms with Gasteiger partial charge in [-0.3, -0.25) is 38.4 Å². The third kappa shape index (κ3) is 18.5. The number of fused-ring (bicyclic) bond motifs is 8. The third-order valence-corrected chi connectivity index (χ3v) is 23.0. The van der Waals surface area contributed by atoms with Gasteiger partial charge in [0.25, 0.3) is 0 Å². The summed E-state index contributed by atoms with van der Waals surface area (Å²) in [6, 6.07) is 31.9. The molecule has 20 nitrogen and oxygen atoms in total. The lowest BCUT2D eigenvalue weighted by Gasteiger charge is -2.26. The lowest BCUT2D eigenvalue weighted by atomic mass is 9.78. The second-order valence-electron chi connectivity index (χ2n) is 36.4. The summed E-state index contributed by atoms with van der Waals surface area (Å²) in [6.45, 7) is 35.3. The molecule has 5 heterocycles. The normalized spacial score (nSPS) is 19.2. The Balaban J connectivity index is 1.12. The highest BCUT2D eigenvalue weighted by atomic mass is 16.5. The van der Waals surface area contributed by atoms with Gasteiger partial charge in [-0.2, -0.15) is 0 Å². The number of nitrogens with one attached hydrogen (secondary N) is 6. The summed E-state index contributed by atoms with van der Waals surface area (Å²) in [6.07, 6.45) is 15.1. The molecule has 6 aliphatic rings. The molecule has 116 heavy (non-hydrogen) atoms. The van der Waals surface area contributed by atoms with Gasteiger partial charge in [0, 0.05) is 55.4 Å². The number of nitrogens with zero attached hydrogens (tertiary/aromatic N) is 2. The molecule has 20 heteroatoms. The first kappa shape index (κ1) is 83.2. The first-order valence-electron chi connectivity index (χ1n) is 41.8. The SMILES string of the molecule is CCCCOC(=O)C1CC1C(=O)Nc1cccc(NC(=O)[C@H]2CC2C(=O)OCCCC)c1-c1c2nc(c(-c3cc(C(C)(C)C)cc(C(C)(C)C)c3)c3ccc([nH]3)c(-c3c(NC(=O)C4CC4C(=O)OCCCC)cccc3NC(=O)[C@H]3CC3C(=O)OCCCC)c3nc(c(-c4cc(C(C)(C)C)cc(C(C)(C)C)c4)c4ccc1[nH]4)C=C3)C=C2. The molecular formula is C96H114N8O12. The van der Waals surface area contributed by atoms with E-state index in [4.69, 9.17) is 28.9 Å². The number of aromatic nitrogens is 4. The number of rotatable bonds is 28. The summed E-state index contributed by atoms with van der Waals surface area (Å²) in [7, 11) is 0. The number of ether oxygens (including phenoxy) is 4. The van der Waals surface area contributed by atoms with Crippen LogP contribution in [-0.2, 0) is 79.0 Å². The molecule has 13 rings (SSSR count). The topological polar surface area (TPSA) is 279 Å². The molecule has 8 bridgehead atoms. The molecule has 2 aliphatic heterocycles. The molecular weight excluding hydrogens is 1460 g/mol. The molecule has 4 saturated carbocycles. The van der Waals surface area contributed by atoms with Crippen LogP contribution < -0.4 is 21.3 Å². The number of H-pyrrole nitrogens is 2. The van der Waals surface area contributed by atoms with E-state index in [1.165, 1.54) is 0 Å². The maximum Gasteiger partial charge on any atom is 0.309 e. The number of carbonyl (C=O) groups is 8. The fourth-order valence-electron chi connectivity index (χ4n) is 15.3. The minimum absolute atomic E-state index is 0.253. The Morgan fingerprint density at radius 1 is 0.328 bits per heavy atom. The van der Waals surface area contributed by atoms with Gasteiger partial charge in [-0.05, 0) is 179 Å². The van der Waals surface area contributed by atoms with Crippen LogP contribution in [0.5, 0.6) is 0 Å². The van der Waals surface area contributed by atoms with Crippen molar-refractivity contribution in [3.8, 4) is 44.5 Å². The van der Waals surface area contributed by atoms with Gasteiger partial charge in [0.1, 0.15) is 0 Å². The van der Waals surface area contributed by atoms with E-state index < -0.39 is 94.8 Å². The molecule has 3 aromatic heterocycles. The van der Waals surface area contributed by atoms with E-state index >= 15 is 19.2 Å². The number of carbonyl (C=O) groups excluding carboxylic acids is 8. The average Bonchev–Trinajstić information content (AvgIpc) is 1.56. The van der Waals surface area contributed by atoms with E-state index in [9.17, 15) is 19.2 Å². The van der Waals surface area contributed by atoms with Gasteiger partial charge in [0.05, 0.1) is 119 Å². The van der Waals surface area contributed by atoms with E-state index in [0.29, 0.717) is 152 Å². The van der Waals surface area contributed by atoms with Crippen molar-refractivity contribution in [3.05, 3.63) is 142 Å². The predicted molar refractivity (Wildman–Crippen MR) is 460 cm³/mol. The number of amides is 4. The molecule has 4 aromatic carbocycles. The molecule has 0 spiro atoms. The number of anilines is 4. The maximum atomic E-state index is 15.0. The first-order valence-corrected chi connectivity index (χ1v) is 41.8. The molecule has 6 unspecified atom stereocenters. The second-order valence-corrected chi connectivity index (χ2v) is 36.4. The van der Waals surface area contributed by atoms with Gasteiger partial charge < -0.3 is 50.2 Å². The van der Waals surface area contributed by atoms with Crippen LogP contribution in [-0.4, -0.2) is 93.9 Å². The first-order chi connectivity index (χ1) is 55.2. The van der Waals surface area contributed by atoms with E-state index in [0.717, 1.165) is 59.1 Å². The van der Waals surface area contributed by atoms with Crippen LogP contribution in [0, 0.1) is 47.3 Å². The van der Waals surface area contributed by atoms with Crippen LogP contribution in [0.15, 0.2) is 97.1 Å². The van der Waals surface area contributed by atoms with Crippen molar-refractivity contribution in [1.82, 2.24) is 19.9 Å². The number of esters is 4. The highest BCUT2D eigenvalue weighted by Gasteiger charge is 2.53. The van der Waals surface area contributed by atoms with Crippen LogP contribution in [0.3, 0.4) is 0 Å². The number of hydrogen-bond acceptors (Lipinski definition) is 14. The van der Waals surface area contributed by atoms with Gasteiger partial charge >= 0.3 is 23.9 Å². The molecule has 4 fully saturated rings. The van der Waals surface area contributed by atoms with Crippen LogP contribution in [0.25, 0.3) is 90.9 Å². The summed E-state index contributed by atoms with van der Waals surface area (Å²) in [5, 5.41) is 13.0. The van der Waals surface area contributed by atoms with Gasteiger partial charge in [-0.15, -0.1) is 0 Å². The van der Waals surface area contributed by atoms with E-state index in [2.05, 4.69) is 151 Å². The largest absolute Gasteiger partial charge is 0.465 e. The van der Waals surface area contributed by atoms with Gasteiger partial charge in [0.15, 0.2) is 0 Å². The molecule has 4 aliphatic carbocycles. The highest BCUT2D eigenvalue weighted by Crippen LogP contribution is 2.51. The predicted octanol–water partition coefficient (Wildman–Crippen LogP) is 20.2. The molecule has 8 atom stereocenters. The molecule has 6 N–H and O–H groups in total. The van der Waals surface area contributed by atoms with Crippen LogP contribution in [0.1, 0.15) is 233 Å². The van der Waals surface area contributed by atoms with Gasteiger partial charge in [0.2, 0.25) is 23.6 Å². The minimum atomic E-state index is -0.698. The Morgan fingerprint density at radius 3 is 0.793 bits per heavy atom. The Bertz CT molecular complexity index is 4750. The average molecular weight is 1570 g/mol. The number of unbranched alkanes of at least 4 members (excludes halogenated alkanes) is 4. The van der Waals surface area contributed by atoms with Crippen molar-refractivity contribution in [2.45, 2.75) is 209 Å². The zero-order valence-electron chi connectivity index (χ0n) is 70.3. The molecule has 7 aromatic rings. The van der Waals surface area contributed by atoms with Gasteiger partial charge in [-0.25, -0.2) is 9.97 Å². The van der Waals surface area contributed by atoms with Crippen molar-refractivity contribution >= 4 is 117 Å². The zero-order valence-corrected chi connectivity index (χ0v) is 70.3. The monoisotopic (exact) mass is 1570 g/mol.